The third-order valence-corrected chi connectivity index (χ3v) is 6.94. The van der Waals surface area contributed by atoms with E-state index in [1.165, 1.54) is 0 Å². The summed E-state index contributed by atoms with van der Waals surface area (Å²) in [6.07, 6.45) is 5.90. The van der Waals surface area contributed by atoms with Gasteiger partial charge in [-0.1, -0.05) is 52.0 Å². The molecule has 5 rings (SSSR count). The first-order valence-corrected chi connectivity index (χ1v) is 13.0. The molecule has 0 bridgehead atoms. The molecule has 0 saturated heterocycles. The lowest BCUT2D eigenvalue weighted by molar-refractivity contribution is -0.138. The molecule has 0 radical (unpaired) electrons. The Hall–Kier alpha value is -4.14. The lowest BCUT2D eigenvalue weighted by atomic mass is 9.98. The minimum Gasteiger partial charge on any atom is -0.481 e. The number of carbonyl (C=O) groups excluding carboxylic acids is 1. The van der Waals surface area contributed by atoms with Crippen LogP contribution < -0.4 is 15.5 Å². The number of urea groups is 1. The number of hydrogen-bond acceptors (Lipinski definition) is 6. The van der Waals surface area contributed by atoms with E-state index in [4.69, 9.17) is 4.63 Å². The molecule has 3 aromatic rings. The molecule has 9 nitrogen and oxygen atoms in total. The van der Waals surface area contributed by atoms with E-state index in [1.54, 1.807) is 18.2 Å². The Kier molecular flexibility index (Phi) is 6.93. The molecule has 38 heavy (non-hydrogen) atoms. The molecule has 1 heterocycles. The molecule has 1 saturated carbocycles. The van der Waals surface area contributed by atoms with Crippen LogP contribution in [0, 0.1) is 23.7 Å². The van der Waals surface area contributed by atoms with Gasteiger partial charge in [-0.25, -0.2) is 9.42 Å². The second kappa shape index (κ2) is 10.3. The molecular formula is C29H33N5O4. The van der Waals surface area contributed by atoms with Crippen molar-refractivity contribution >= 4 is 40.1 Å². The van der Waals surface area contributed by atoms with Crippen LogP contribution in [0.1, 0.15) is 39.2 Å². The van der Waals surface area contributed by atoms with Crippen molar-refractivity contribution in [3.8, 4) is 0 Å². The third kappa shape index (κ3) is 5.27. The maximum Gasteiger partial charge on any atom is 0.323 e. The second-order valence-electron chi connectivity index (χ2n) is 11.0. The van der Waals surface area contributed by atoms with E-state index in [0.29, 0.717) is 34.2 Å². The van der Waals surface area contributed by atoms with Crippen LogP contribution in [0.4, 0.5) is 21.9 Å². The number of carbonyl (C=O) groups is 2. The van der Waals surface area contributed by atoms with E-state index >= 15 is 0 Å². The van der Waals surface area contributed by atoms with E-state index in [2.05, 4.69) is 53.5 Å². The van der Waals surface area contributed by atoms with E-state index in [9.17, 15) is 14.7 Å². The number of hydrogen-bond donors (Lipinski definition) is 3. The van der Waals surface area contributed by atoms with Crippen LogP contribution >= 0.6 is 0 Å². The zero-order valence-corrected chi connectivity index (χ0v) is 22.0. The van der Waals surface area contributed by atoms with Crippen molar-refractivity contribution in [3.05, 3.63) is 65.8 Å². The number of aromatic nitrogens is 2. The minimum atomic E-state index is -0.795. The summed E-state index contributed by atoms with van der Waals surface area (Å²) in [6.45, 7) is 10.3. The normalized spacial score (nSPS) is 19.8. The van der Waals surface area contributed by atoms with E-state index in [0.717, 1.165) is 29.9 Å². The molecule has 1 fully saturated rings. The molecule has 3 N–H and O–H groups in total. The Bertz CT molecular complexity index is 1410. The summed E-state index contributed by atoms with van der Waals surface area (Å²) in [5, 5.41) is 23.4. The van der Waals surface area contributed by atoms with Crippen LogP contribution in [0.25, 0.3) is 11.0 Å². The van der Waals surface area contributed by atoms with Crippen LogP contribution in [-0.4, -0.2) is 40.5 Å². The summed E-state index contributed by atoms with van der Waals surface area (Å²) >= 11 is 0. The Morgan fingerprint density at radius 3 is 2.32 bits per heavy atom. The Labute approximate surface area is 221 Å². The van der Waals surface area contributed by atoms with Crippen LogP contribution in [0.5, 0.6) is 0 Å². The fourth-order valence-electron chi connectivity index (χ4n) is 5.31. The summed E-state index contributed by atoms with van der Waals surface area (Å²) in [5.41, 5.74) is 5.25. The number of nitrogens with one attached hydrogen (secondary N) is 2. The Morgan fingerprint density at radius 2 is 1.68 bits per heavy atom. The highest BCUT2D eigenvalue weighted by Crippen LogP contribution is 2.59. The lowest BCUT2D eigenvalue weighted by Crippen LogP contribution is -2.32. The molecule has 2 aliphatic carbocycles. The summed E-state index contributed by atoms with van der Waals surface area (Å²) < 4.78 is 4.75. The number of nitrogens with zero attached hydrogens (tertiary/aromatic N) is 3. The predicted molar refractivity (Wildman–Crippen MR) is 147 cm³/mol. The number of allylic oxidation sites excluding steroid dienone is 4. The van der Waals surface area contributed by atoms with Gasteiger partial charge in [0.2, 0.25) is 0 Å². The van der Waals surface area contributed by atoms with Gasteiger partial charge in [-0.3, -0.25) is 4.79 Å². The standard InChI is InChI=1S/C29H33N5O4/c1-16(2)14-34(15-17(3)4)24-11-8-19(26-25(18-6-5-7-18)27(26)28(35)36)12-23(24)31-29(37)30-20-9-10-21-22(13-20)33-38-32-21/h5-13,16-17,25-27H,14-15H2,1-4H3,(H,35,36)(H2,30,31,37)/t25?,26-,27+/m1/s1. The number of anilines is 3. The number of fused-ring (bicyclic) bond motifs is 1. The molecule has 0 spiro atoms. The maximum absolute atomic E-state index is 13.2. The zero-order valence-electron chi connectivity index (χ0n) is 22.0. The first-order chi connectivity index (χ1) is 18.2. The molecule has 2 aromatic carbocycles. The van der Waals surface area contributed by atoms with Crippen molar-refractivity contribution < 1.29 is 19.3 Å². The van der Waals surface area contributed by atoms with Gasteiger partial charge in [-0.05, 0) is 63.6 Å². The number of aliphatic carboxylic acids is 1. The average Bonchev–Trinajstić information content (AvgIpc) is 3.34. The second-order valence-corrected chi connectivity index (χ2v) is 11.0. The van der Waals surface area contributed by atoms with Crippen molar-refractivity contribution in [3.63, 3.8) is 0 Å². The number of carboxylic acids is 1. The lowest BCUT2D eigenvalue weighted by Gasteiger charge is -2.31. The van der Waals surface area contributed by atoms with Gasteiger partial charge in [0.1, 0.15) is 11.0 Å². The highest BCUT2D eigenvalue weighted by atomic mass is 16.6. The molecular weight excluding hydrogens is 482 g/mol. The predicted octanol–water partition coefficient (Wildman–Crippen LogP) is 5.90. The summed E-state index contributed by atoms with van der Waals surface area (Å²) in [7, 11) is 0. The fourth-order valence-corrected chi connectivity index (χ4v) is 5.31. The largest absolute Gasteiger partial charge is 0.481 e. The first-order valence-electron chi connectivity index (χ1n) is 13.0. The highest BCUT2D eigenvalue weighted by molar-refractivity contribution is 6.02. The average molecular weight is 516 g/mol. The van der Waals surface area contributed by atoms with Crippen molar-refractivity contribution in [1.29, 1.82) is 0 Å². The van der Waals surface area contributed by atoms with Crippen molar-refractivity contribution in [1.82, 2.24) is 10.3 Å². The van der Waals surface area contributed by atoms with Gasteiger partial charge in [0.15, 0.2) is 0 Å². The quantitative estimate of drug-likeness (QED) is 0.308. The summed E-state index contributed by atoms with van der Waals surface area (Å²) in [4.78, 5) is 27.5. The Balaban J connectivity index is 1.45. The minimum absolute atomic E-state index is 0.0461. The van der Waals surface area contributed by atoms with Crippen LogP contribution in [0.3, 0.4) is 0 Å². The molecule has 0 aliphatic heterocycles. The Morgan fingerprint density at radius 1 is 0.974 bits per heavy atom. The number of benzene rings is 2. The molecule has 2 aliphatic rings. The summed E-state index contributed by atoms with van der Waals surface area (Å²) in [5.74, 6) is -0.610. The first kappa shape index (κ1) is 25.5. The molecule has 1 unspecified atom stereocenters. The SMILES string of the molecule is CC(C)CN(CC(C)C)c1ccc([C@@H]2C(C3=CC=C3)[C@@H]2C(=O)O)cc1NC(=O)Nc1ccc2nonc2c1. The van der Waals surface area contributed by atoms with E-state index in [1.807, 2.05) is 36.4 Å². The monoisotopic (exact) mass is 515 g/mol. The van der Waals surface area contributed by atoms with Crippen molar-refractivity contribution in [2.75, 3.05) is 28.6 Å². The molecule has 2 amide bonds. The number of amides is 2. The van der Waals surface area contributed by atoms with Gasteiger partial charge < -0.3 is 20.6 Å². The molecule has 9 heteroatoms. The van der Waals surface area contributed by atoms with Gasteiger partial charge in [0.25, 0.3) is 0 Å². The smallest absolute Gasteiger partial charge is 0.323 e. The summed E-state index contributed by atoms with van der Waals surface area (Å²) in [6, 6.07) is 10.7. The zero-order chi connectivity index (χ0) is 27.0. The van der Waals surface area contributed by atoms with Crippen molar-refractivity contribution in [2.45, 2.75) is 33.6 Å². The van der Waals surface area contributed by atoms with Crippen LogP contribution in [0.2, 0.25) is 0 Å². The number of rotatable bonds is 10. The van der Waals surface area contributed by atoms with E-state index < -0.39 is 17.9 Å². The maximum atomic E-state index is 13.2. The highest BCUT2D eigenvalue weighted by Gasteiger charge is 2.57. The molecule has 3 atom stereocenters. The third-order valence-electron chi connectivity index (χ3n) is 6.94. The topological polar surface area (TPSA) is 121 Å². The molecule has 1 aromatic heterocycles. The van der Waals surface area contributed by atoms with Gasteiger partial charge in [0, 0.05) is 30.6 Å². The van der Waals surface area contributed by atoms with Crippen LogP contribution in [-0.2, 0) is 4.79 Å². The van der Waals surface area contributed by atoms with Crippen LogP contribution in [0.15, 0.2) is 64.8 Å². The van der Waals surface area contributed by atoms with E-state index in [-0.39, 0.29) is 11.8 Å². The van der Waals surface area contributed by atoms with Gasteiger partial charge in [-0.15, -0.1) is 0 Å². The number of carboxylic acid groups (broad SMARTS) is 1. The van der Waals surface area contributed by atoms with Gasteiger partial charge in [0.05, 0.1) is 17.3 Å². The van der Waals surface area contributed by atoms with Gasteiger partial charge in [-0.2, -0.15) is 0 Å². The van der Waals surface area contributed by atoms with Crippen molar-refractivity contribution in [2.24, 2.45) is 23.7 Å². The van der Waals surface area contributed by atoms with Gasteiger partial charge >= 0.3 is 12.0 Å². The fraction of sp³-hybridized carbons (Fsp3) is 0.379. The molecule has 198 valence electrons.